The Morgan fingerprint density at radius 2 is 1.93 bits per heavy atom. The topological polar surface area (TPSA) is 46.1 Å². The van der Waals surface area contributed by atoms with E-state index in [0.717, 1.165) is 18.6 Å². The summed E-state index contributed by atoms with van der Waals surface area (Å²) in [6, 6.07) is 14.7. The Hall–Kier alpha value is -2.40. The van der Waals surface area contributed by atoms with Gasteiger partial charge < -0.3 is 9.88 Å². The van der Waals surface area contributed by atoms with Crippen LogP contribution in [0.4, 0.5) is 5.69 Å². The van der Waals surface area contributed by atoms with Crippen molar-refractivity contribution < 1.29 is 4.79 Å². The van der Waals surface area contributed by atoms with Crippen LogP contribution in [0.15, 0.2) is 42.5 Å². The molecule has 28 heavy (non-hydrogen) atoms. The predicted octanol–water partition coefficient (Wildman–Crippen LogP) is 5.36. The Kier molecular flexibility index (Phi) is 4.55. The van der Waals surface area contributed by atoms with Crippen LogP contribution in [0.5, 0.6) is 0 Å². The van der Waals surface area contributed by atoms with E-state index in [-0.39, 0.29) is 5.91 Å². The molecule has 2 N–H and O–H groups in total. The van der Waals surface area contributed by atoms with Crippen LogP contribution in [0.25, 0.3) is 22.2 Å². The second-order valence-corrected chi connectivity index (χ2v) is 8.12. The molecule has 2 aliphatic rings. The highest BCUT2D eigenvalue weighted by Gasteiger charge is 2.28. The van der Waals surface area contributed by atoms with Crippen LogP contribution in [0.3, 0.4) is 0 Å². The zero-order chi connectivity index (χ0) is 19.1. The van der Waals surface area contributed by atoms with Gasteiger partial charge in [0.2, 0.25) is 0 Å². The van der Waals surface area contributed by atoms with Crippen molar-refractivity contribution in [2.45, 2.75) is 44.6 Å². The molecule has 1 aliphatic heterocycles. The second-order valence-electron chi connectivity index (χ2n) is 7.89. The molecule has 3 aromatic rings. The van der Waals surface area contributed by atoms with Crippen molar-refractivity contribution in [3.05, 3.63) is 53.6 Å². The minimum absolute atomic E-state index is 0.160. The summed E-state index contributed by atoms with van der Waals surface area (Å²) in [5, 5.41) is 4.89. The molecule has 2 aromatic carbocycles. The van der Waals surface area contributed by atoms with Gasteiger partial charge in [-0.3, -0.25) is 9.52 Å². The average molecular weight is 392 g/mol. The summed E-state index contributed by atoms with van der Waals surface area (Å²) in [4.78, 5) is 12.2. The summed E-state index contributed by atoms with van der Waals surface area (Å²) >= 11 is 3.95. The molecule has 0 radical (unpaired) electrons. The van der Waals surface area contributed by atoms with Crippen LogP contribution in [0.1, 0.15) is 53.9 Å². The van der Waals surface area contributed by atoms with Gasteiger partial charge in [0.05, 0.1) is 5.69 Å². The molecule has 1 aliphatic carbocycles. The molecule has 5 rings (SSSR count). The molecule has 0 unspecified atom stereocenters. The Morgan fingerprint density at radius 3 is 2.75 bits per heavy atom. The minimum Gasteiger partial charge on any atom is -0.383 e. The molecule has 2 heterocycles. The van der Waals surface area contributed by atoms with Gasteiger partial charge in [-0.2, -0.15) is 0 Å². The first kappa shape index (κ1) is 17.7. The molecule has 144 valence electrons. The number of carbonyl (C=O) groups is 1. The van der Waals surface area contributed by atoms with Gasteiger partial charge in [0.15, 0.2) is 0 Å². The SMILES string of the molecule is O=C(NS)c1ccc2c(C3CCCCC3)c3n(c2c1)CCNc1ccccc1-3. The first-order valence-electron chi connectivity index (χ1n) is 10.2. The molecule has 1 aromatic heterocycles. The van der Waals surface area contributed by atoms with Crippen molar-refractivity contribution in [1.82, 2.24) is 9.29 Å². The number of nitrogens with zero attached hydrogens (tertiary/aromatic N) is 1. The molecule has 5 heteroatoms. The molecule has 0 spiro atoms. The van der Waals surface area contributed by atoms with Gasteiger partial charge in [0.25, 0.3) is 5.91 Å². The molecule has 4 nitrogen and oxygen atoms in total. The fourth-order valence-electron chi connectivity index (χ4n) is 5.06. The average Bonchev–Trinajstić information content (AvgIpc) is 2.95. The lowest BCUT2D eigenvalue weighted by molar-refractivity contribution is 0.0985. The number of fused-ring (bicyclic) bond motifs is 5. The van der Waals surface area contributed by atoms with Crippen molar-refractivity contribution in [3.8, 4) is 11.3 Å². The fourth-order valence-corrected chi connectivity index (χ4v) is 5.18. The maximum Gasteiger partial charge on any atom is 0.260 e. The lowest BCUT2D eigenvalue weighted by Crippen LogP contribution is -2.12. The van der Waals surface area contributed by atoms with Gasteiger partial charge in [0.1, 0.15) is 0 Å². The Labute approximate surface area is 170 Å². The third-order valence-corrected chi connectivity index (χ3v) is 6.52. The van der Waals surface area contributed by atoms with Crippen molar-refractivity contribution in [2.24, 2.45) is 0 Å². The number of hydrogen-bond donors (Lipinski definition) is 3. The number of amides is 1. The Morgan fingerprint density at radius 1 is 1.11 bits per heavy atom. The molecule has 0 atom stereocenters. The summed E-state index contributed by atoms with van der Waals surface area (Å²) in [5.41, 5.74) is 7.10. The van der Waals surface area contributed by atoms with Gasteiger partial charge in [-0.05, 0) is 42.5 Å². The highest BCUT2D eigenvalue weighted by atomic mass is 32.1. The number of aromatic nitrogens is 1. The van der Waals surface area contributed by atoms with Gasteiger partial charge >= 0.3 is 0 Å². The number of rotatable bonds is 2. The smallest absolute Gasteiger partial charge is 0.260 e. The van der Waals surface area contributed by atoms with E-state index < -0.39 is 0 Å². The van der Waals surface area contributed by atoms with E-state index in [1.54, 1.807) is 0 Å². The van der Waals surface area contributed by atoms with Crippen LogP contribution in [-0.2, 0) is 6.54 Å². The Balaban J connectivity index is 1.81. The number of para-hydroxylation sites is 1. The van der Waals surface area contributed by atoms with Gasteiger partial charge in [-0.15, -0.1) is 0 Å². The van der Waals surface area contributed by atoms with Crippen molar-refractivity contribution in [1.29, 1.82) is 0 Å². The van der Waals surface area contributed by atoms with E-state index in [0.29, 0.717) is 11.5 Å². The van der Waals surface area contributed by atoms with Crippen LogP contribution >= 0.6 is 12.8 Å². The zero-order valence-corrected chi connectivity index (χ0v) is 16.8. The highest BCUT2D eigenvalue weighted by molar-refractivity contribution is 7.78. The van der Waals surface area contributed by atoms with Crippen molar-refractivity contribution in [3.63, 3.8) is 0 Å². The third-order valence-electron chi connectivity index (χ3n) is 6.31. The summed E-state index contributed by atoms with van der Waals surface area (Å²) in [6.07, 6.45) is 6.45. The lowest BCUT2D eigenvalue weighted by Gasteiger charge is -2.23. The molecule has 0 saturated heterocycles. The van der Waals surface area contributed by atoms with Crippen molar-refractivity contribution in [2.75, 3.05) is 11.9 Å². The number of benzene rings is 2. The van der Waals surface area contributed by atoms with Crippen LogP contribution < -0.4 is 10.0 Å². The molecule has 1 fully saturated rings. The first-order valence-corrected chi connectivity index (χ1v) is 10.7. The van der Waals surface area contributed by atoms with Crippen molar-refractivity contribution >= 4 is 35.3 Å². The van der Waals surface area contributed by atoms with Crippen LogP contribution in [-0.4, -0.2) is 17.0 Å². The largest absolute Gasteiger partial charge is 0.383 e. The van der Waals surface area contributed by atoms with Crippen LogP contribution in [0.2, 0.25) is 0 Å². The van der Waals surface area contributed by atoms with E-state index >= 15 is 0 Å². The molecular weight excluding hydrogens is 366 g/mol. The summed E-state index contributed by atoms with van der Waals surface area (Å²) in [5.74, 6) is 0.426. The van der Waals surface area contributed by atoms with Gasteiger partial charge in [0, 0.05) is 40.8 Å². The number of anilines is 1. The summed E-state index contributed by atoms with van der Waals surface area (Å²) < 4.78 is 4.88. The third kappa shape index (κ3) is 2.80. The molecule has 1 saturated carbocycles. The molecular formula is C23H25N3OS. The first-order chi connectivity index (χ1) is 13.8. The number of hydrogen-bond acceptors (Lipinski definition) is 3. The Bertz CT molecular complexity index is 1050. The summed E-state index contributed by atoms with van der Waals surface area (Å²) in [7, 11) is 0. The highest BCUT2D eigenvalue weighted by Crippen LogP contribution is 2.46. The standard InChI is InChI=1S/C23H25N3OS/c27-23(25-28)16-10-11-18-20(14-16)26-13-12-24-19-9-5-4-8-17(19)22(26)21(18)15-6-2-1-3-7-15/h4-5,8-11,14-15,24,28H,1-3,6-7,12-13H2,(H,25,27). The normalized spacial score (nSPS) is 16.8. The monoisotopic (exact) mass is 391 g/mol. The van der Waals surface area contributed by atoms with Gasteiger partial charge in [-0.1, -0.05) is 56.3 Å². The second kappa shape index (κ2) is 7.21. The maximum atomic E-state index is 12.2. The molecule has 0 bridgehead atoms. The van der Waals surface area contributed by atoms with Crippen LogP contribution in [0, 0.1) is 0 Å². The number of carbonyl (C=O) groups excluding carboxylic acids is 1. The van der Waals surface area contributed by atoms with E-state index in [4.69, 9.17) is 0 Å². The fraction of sp³-hybridized carbons (Fsp3) is 0.348. The van der Waals surface area contributed by atoms with E-state index in [1.807, 2.05) is 12.1 Å². The quantitative estimate of drug-likeness (QED) is 0.515. The molecule has 1 amide bonds. The zero-order valence-electron chi connectivity index (χ0n) is 15.9. The lowest BCUT2D eigenvalue weighted by atomic mass is 9.81. The van der Waals surface area contributed by atoms with Gasteiger partial charge in [-0.25, -0.2) is 0 Å². The summed E-state index contributed by atoms with van der Waals surface area (Å²) in [6.45, 7) is 1.76. The minimum atomic E-state index is -0.160. The maximum absolute atomic E-state index is 12.2. The van der Waals surface area contributed by atoms with E-state index in [9.17, 15) is 4.79 Å². The van der Waals surface area contributed by atoms with E-state index in [1.165, 1.54) is 60.0 Å². The van der Waals surface area contributed by atoms with E-state index in [2.05, 4.69) is 57.8 Å². The number of thiol groups is 1. The number of nitrogens with one attached hydrogen (secondary N) is 2. The predicted molar refractivity (Wildman–Crippen MR) is 118 cm³/mol.